The molecule has 0 aliphatic rings. The molecule has 4 heteroatoms. The number of anilines is 1. The number of rotatable bonds is 1. The molecule has 2 aromatic carbocycles. The largest absolute Gasteiger partial charge is 0.398 e. The standard InChI is InChI=1S/C17H13N3O/c18-14-2-1-3-16-13(14)7-9-20(16)17(21)12-5-4-11-6-8-19-15(11)10-12/h1-10,19H,18H2. The number of benzene rings is 2. The number of hydrogen-bond donors (Lipinski definition) is 2. The molecule has 0 amide bonds. The van der Waals surface area contributed by atoms with Gasteiger partial charge in [-0.25, -0.2) is 0 Å². The van der Waals surface area contributed by atoms with Gasteiger partial charge in [0.15, 0.2) is 0 Å². The molecule has 4 rings (SSSR count). The first-order valence-electron chi connectivity index (χ1n) is 6.71. The van der Waals surface area contributed by atoms with E-state index in [2.05, 4.69) is 4.98 Å². The van der Waals surface area contributed by atoms with Gasteiger partial charge in [-0.3, -0.25) is 9.36 Å². The second-order valence-electron chi connectivity index (χ2n) is 5.05. The van der Waals surface area contributed by atoms with Gasteiger partial charge >= 0.3 is 0 Å². The number of carbonyl (C=O) groups is 1. The van der Waals surface area contributed by atoms with Crippen LogP contribution in [0.25, 0.3) is 21.8 Å². The van der Waals surface area contributed by atoms with Gasteiger partial charge in [0.1, 0.15) is 0 Å². The second-order valence-corrected chi connectivity index (χ2v) is 5.05. The summed E-state index contributed by atoms with van der Waals surface area (Å²) in [6.45, 7) is 0. The molecule has 0 unspecified atom stereocenters. The van der Waals surface area contributed by atoms with Gasteiger partial charge in [0.25, 0.3) is 5.91 Å². The number of nitrogens with one attached hydrogen (secondary N) is 1. The van der Waals surface area contributed by atoms with Gasteiger partial charge < -0.3 is 10.7 Å². The maximum atomic E-state index is 12.7. The van der Waals surface area contributed by atoms with Gasteiger partial charge in [-0.05, 0) is 41.8 Å². The Kier molecular flexibility index (Phi) is 2.38. The fourth-order valence-corrected chi connectivity index (χ4v) is 2.69. The first-order valence-corrected chi connectivity index (χ1v) is 6.71. The third kappa shape index (κ3) is 1.73. The SMILES string of the molecule is Nc1cccc2c1ccn2C(=O)c1ccc2cc[nH]c2c1. The van der Waals surface area contributed by atoms with Crippen LogP contribution in [0.2, 0.25) is 0 Å². The Hall–Kier alpha value is -3.01. The predicted molar refractivity (Wildman–Crippen MR) is 84.4 cm³/mol. The van der Waals surface area contributed by atoms with Crippen molar-refractivity contribution in [3.05, 3.63) is 66.5 Å². The zero-order valence-corrected chi connectivity index (χ0v) is 11.2. The number of nitrogen functional groups attached to an aromatic ring is 1. The van der Waals surface area contributed by atoms with Crippen molar-refractivity contribution in [1.82, 2.24) is 9.55 Å². The maximum absolute atomic E-state index is 12.7. The molecule has 0 spiro atoms. The summed E-state index contributed by atoms with van der Waals surface area (Å²) in [6.07, 6.45) is 3.63. The number of nitrogens with zero attached hydrogens (tertiary/aromatic N) is 1. The zero-order chi connectivity index (χ0) is 14.4. The smallest absolute Gasteiger partial charge is 0.262 e. The van der Waals surface area contributed by atoms with Crippen molar-refractivity contribution in [2.75, 3.05) is 5.73 Å². The van der Waals surface area contributed by atoms with E-state index in [0.717, 1.165) is 21.8 Å². The third-order valence-electron chi connectivity index (χ3n) is 3.79. The van der Waals surface area contributed by atoms with Crippen LogP contribution in [0.15, 0.2) is 60.9 Å². The van der Waals surface area contributed by atoms with E-state index in [-0.39, 0.29) is 5.91 Å². The van der Waals surface area contributed by atoms with E-state index < -0.39 is 0 Å². The summed E-state index contributed by atoms with van der Waals surface area (Å²) in [7, 11) is 0. The predicted octanol–water partition coefficient (Wildman–Crippen LogP) is 3.39. The molecule has 0 bridgehead atoms. The third-order valence-corrected chi connectivity index (χ3v) is 3.79. The molecule has 2 heterocycles. The topological polar surface area (TPSA) is 63.8 Å². The first kappa shape index (κ1) is 11.8. The normalized spacial score (nSPS) is 11.2. The van der Waals surface area contributed by atoms with Crippen molar-refractivity contribution < 1.29 is 4.79 Å². The number of nitrogens with two attached hydrogens (primary N) is 1. The van der Waals surface area contributed by atoms with Crippen LogP contribution in [0.1, 0.15) is 10.4 Å². The van der Waals surface area contributed by atoms with E-state index in [9.17, 15) is 4.79 Å². The Balaban J connectivity index is 1.87. The lowest BCUT2D eigenvalue weighted by molar-refractivity contribution is 0.0965. The Morgan fingerprint density at radius 2 is 2.00 bits per heavy atom. The fraction of sp³-hybridized carbons (Fsp3) is 0. The number of hydrogen-bond acceptors (Lipinski definition) is 2. The van der Waals surface area contributed by atoms with Crippen molar-refractivity contribution in [3.63, 3.8) is 0 Å². The minimum atomic E-state index is -0.0629. The zero-order valence-electron chi connectivity index (χ0n) is 11.2. The minimum absolute atomic E-state index is 0.0629. The molecule has 0 fully saturated rings. The average Bonchev–Trinajstić information content (AvgIpc) is 3.13. The van der Waals surface area contributed by atoms with Crippen LogP contribution in [0, 0.1) is 0 Å². The number of carbonyl (C=O) groups excluding carboxylic acids is 1. The molecule has 21 heavy (non-hydrogen) atoms. The Morgan fingerprint density at radius 1 is 1.10 bits per heavy atom. The maximum Gasteiger partial charge on any atom is 0.262 e. The van der Waals surface area contributed by atoms with Crippen LogP contribution in [0.5, 0.6) is 0 Å². The highest BCUT2D eigenvalue weighted by atomic mass is 16.2. The quantitative estimate of drug-likeness (QED) is 0.523. The van der Waals surface area contributed by atoms with Crippen LogP contribution < -0.4 is 5.73 Å². The molecular formula is C17H13N3O. The van der Waals surface area contributed by atoms with Gasteiger partial charge in [0.2, 0.25) is 0 Å². The van der Waals surface area contributed by atoms with Crippen LogP contribution in [0.3, 0.4) is 0 Å². The monoisotopic (exact) mass is 275 g/mol. The Morgan fingerprint density at radius 3 is 2.90 bits per heavy atom. The molecule has 0 aliphatic carbocycles. The highest BCUT2D eigenvalue weighted by Gasteiger charge is 2.13. The summed E-state index contributed by atoms with van der Waals surface area (Å²) in [4.78, 5) is 15.8. The molecular weight excluding hydrogens is 262 g/mol. The van der Waals surface area contributed by atoms with Crippen molar-refractivity contribution in [2.24, 2.45) is 0 Å². The van der Waals surface area contributed by atoms with Gasteiger partial charge in [0.05, 0.1) is 5.52 Å². The average molecular weight is 275 g/mol. The molecule has 0 saturated carbocycles. The molecule has 3 N–H and O–H groups in total. The summed E-state index contributed by atoms with van der Waals surface area (Å²) < 4.78 is 1.63. The summed E-state index contributed by atoms with van der Waals surface area (Å²) in [5.74, 6) is -0.0629. The number of fused-ring (bicyclic) bond motifs is 2. The number of aromatic nitrogens is 2. The van der Waals surface area contributed by atoms with Crippen molar-refractivity contribution >= 4 is 33.4 Å². The fourth-order valence-electron chi connectivity index (χ4n) is 2.69. The molecule has 102 valence electrons. The van der Waals surface area contributed by atoms with Gasteiger partial charge in [-0.1, -0.05) is 12.1 Å². The van der Waals surface area contributed by atoms with Crippen LogP contribution >= 0.6 is 0 Å². The molecule has 0 saturated heterocycles. The Bertz CT molecular complexity index is 978. The van der Waals surface area contributed by atoms with Crippen molar-refractivity contribution in [3.8, 4) is 0 Å². The van der Waals surface area contributed by atoms with Crippen LogP contribution in [-0.4, -0.2) is 15.5 Å². The van der Waals surface area contributed by atoms with E-state index >= 15 is 0 Å². The highest BCUT2D eigenvalue weighted by Crippen LogP contribution is 2.23. The summed E-state index contributed by atoms with van der Waals surface area (Å²) in [5, 5.41) is 1.99. The van der Waals surface area contributed by atoms with Crippen LogP contribution in [0.4, 0.5) is 5.69 Å². The number of aromatic amines is 1. The molecule has 0 radical (unpaired) electrons. The van der Waals surface area contributed by atoms with E-state index in [4.69, 9.17) is 5.73 Å². The lowest BCUT2D eigenvalue weighted by Crippen LogP contribution is -2.10. The van der Waals surface area contributed by atoms with E-state index in [1.54, 1.807) is 10.8 Å². The molecule has 0 atom stereocenters. The van der Waals surface area contributed by atoms with Gasteiger partial charge in [-0.15, -0.1) is 0 Å². The van der Waals surface area contributed by atoms with Crippen molar-refractivity contribution in [1.29, 1.82) is 0 Å². The number of H-pyrrole nitrogens is 1. The summed E-state index contributed by atoms with van der Waals surface area (Å²) >= 11 is 0. The van der Waals surface area contributed by atoms with E-state index in [0.29, 0.717) is 11.3 Å². The van der Waals surface area contributed by atoms with E-state index in [1.165, 1.54) is 0 Å². The lowest BCUT2D eigenvalue weighted by atomic mass is 10.1. The van der Waals surface area contributed by atoms with Gasteiger partial charge in [0, 0.05) is 34.5 Å². The second kappa shape index (κ2) is 4.24. The first-order chi connectivity index (χ1) is 10.2. The molecule has 4 aromatic rings. The molecule has 2 aromatic heterocycles. The summed E-state index contributed by atoms with van der Waals surface area (Å²) in [5.41, 5.74) is 9.04. The Labute approximate surface area is 120 Å². The van der Waals surface area contributed by atoms with Crippen molar-refractivity contribution in [2.45, 2.75) is 0 Å². The highest BCUT2D eigenvalue weighted by molar-refractivity contribution is 6.05. The van der Waals surface area contributed by atoms with Crippen LogP contribution in [-0.2, 0) is 0 Å². The summed E-state index contributed by atoms with van der Waals surface area (Å²) in [6, 6.07) is 15.1. The van der Waals surface area contributed by atoms with Gasteiger partial charge in [-0.2, -0.15) is 0 Å². The minimum Gasteiger partial charge on any atom is -0.398 e. The molecule has 4 nitrogen and oxygen atoms in total. The lowest BCUT2D eigenvalue weighted by Gasteiger charge is -2.05. The van der Waals surface area contributed by atoms with E-state index in [1.807, 2.05) is 54.7 Å². The molecule has 0 aliphatic heterocycles.